The molecule has 0 aliphatic carbocycles. The van der Waals surface area contributed by atoms with Gasteiger partial charge in [0.05, 0.1) is 13.4 Å². The Morgan fingerprint density at radius 2 is 2.17 bits per heavy atom. The zero-order valence-corrected chi connectivity index (χ0v) is 12.9. The maximum Gasteiger partial charge on any atom is 0.360 e. The third kappa shape index (κ3) is 3.76. The van der Waals surface area contributed by atoms with Gasteiger partial charge >= 0.3 is 17.3 Å². The van der Waals surface area contributed by atoms with Gasteiger partial charge in [-0.25, -0.2) is 9.78 Å². The number of methoxy groups -OCH3 is 1. The Hall–Kier alpha value is -3.65. The van der Waals surface area contributed by atoms with E-state index < -0.39 is 17.9 Å². The summed E-state index contributed by atoms with van der Waals surface area (Å²) in [5, 5.41) is 2.60. The lowest BCUT2D eigenvalue weighted by atomic mass is 10.1. The molecule has 2 aromatic rings. The summed E-state index contributed by atoms with van der Waals surface area (Å²) < 4.78 is 4.72. The van der Waals surface area contributed by atoms with Gasteiger partial charge in [-0.3, -0.25) is 4.79 Å². The lowest BCUT2D eigenvalue weighted by molar-refractivity contribution is -0.142. The van der Waals surface area contributed by atoms with Gasteiger partial charge in [0.15, 0.2) is 0 Å². The molecular formula is C16H15N5O3+2. The molecule has 0 unspecified atom stereocenters. The Balaban J connectivity index is 2.23. The maximum atomic E-state index is 12.5. The predicted molar refractivity (Wildman–Crippen MR) is 87.9 cm³/mol. The monoisotopic (exact) mass is 325 g/mol. The van der Waals surface area contributed by atoms with Crippen LogP contribution in [0.2, 0.25) is 0 Å². The highest BCUT2D eigenvalue weighted by Gasteiger charge is 2.27. The van der Waals surface area contributed by atoms with E-state index in [0.29, 0.717) is 11.4 Å². The van der Waals surface area contributed by atoms with Gasteiger partial charge in [-0.15, -0.1) is 0 Å². The van der Waals surface area contributed by atoms with Crippen LogP contribution >= 0.6 is 0 Å². The highest BCUT2D eigenvalue weighted by molar-refractivity contribution is 6.02. The van der Waals surface area contributed by atoms with E-state index in [1.165, 1.54) is 31.6 Å². The average molecular weight is 325 g/mol. The van der Waals surface area contributed by atoms with Crippen molar-refractivity contribution in [3.05, 3.63) is 51.7 Å². The molecule has 1 heterocycles. The van der Waals surface area contributed by atoms with Crippen molar-refractivity contribution in [3.63, 3.8) is 0 Å². The van der Waals surface area contributed by atoms with E-state index in [-0.39, 0.29) is 17.7 Å². The molecule has 0 fully saturated rings. The van der Waals surface area contributed by atoms with E-state index in [0.717, 1.165) is 0 Å². The normalized spacial score (nSPS) is 11.0. The first-order valence-corrected chi connectivity index (χ1v) is 6.91. The molecule has 0 radical (unpaired) electrons. The maximum absolute atomic E-state index is 12.5. The third-order valence-electron chi connectivity index (χ3n) is 3.28. The number of carbonyl (C=O) groups is 2. The minimum absolute atomic E-state index is 0.184. The fourth-order valence-corrected chi connectivity index (χ4v) is 2.09. The van der Waals surface area contributed by atoms with E-state index in [1.54, 1.807) is 6.20 Å². The Kier molecular flexibility index (Phi) is 5.27. The van der Waals surface area contributed by atoms with Crippen molar-refractivity contribution in [1.82, 2.24) is 15.3 Å². The number of H-pyrrole nitrogens is 1. The molecule has 0 saturated heterocycles. The van der Waals surface area contributed by atoms with Gasteiger partial charge in [0.1, 0.15) is 17.7 Å². The SMILES string of the molecule is C#[N+]c1ccc(C(=O)N[C@H](Cc2cnc[nH]2)C(=O)OC)c([N+]#C)c1. The summed E-state index contributed by atoms with van der Waals surface area (Å²) in [7, 11) is 1.24. The van der Waals surface area contributed by atoms with Gasteiger partial charge in [-0.1, -0.05) is 0 Å². The zero-order chi connectivity index (χ0) is 17.5. The Bertz CT molecular complexity index is 830. The number of hydrogen-bond donors (Lipinski definition) is 2. The number of esters is 1. The Morgan fingerprint density at radius 1 is 1.38 bits per heavy atom. The highest BCUT2D eigenvalue weighted by atomic mass is 16.5. The quantitative estimate of drug-likeness (QED) is 0.824. The van der Waals surface area contributed by atoms with Crippen LogP contribution in [0.3, 0.4) is 0 Å². The molecule has 0 aliphatic heterocycles. The summed E-state index contributed by atoms with van der Waals surface area (Å²) in [6.45, 7) is 10.5. The van der Waals surface area contributed by atoms with E-state index >= 15 is 0 Å². The third-order valence-corrected chi connectivity index (χ3v) is 3.28. The van der Waals surface area contributed by atoms with E-state index in [1.807, 2.05) is 0 Å². The lowest BCUT2D eigenvalue weighted by Crippen LogP contribution is -2.43. The Labute approximate surface area is 138 Å². The number of aromatic nitrogens is 2. The second-order valence-electron chi connectivity index (χ2n) is 4.79. The van der Waals surface area contributed by atoms with Crippen LogP contribution < -0.4 is 5.32 Å². The number of nitrogens with zero attached hydrogens (tertiary/aromatic N) is 3. The minimum atomic E-state index is -0.896. The van der Waals surface area contributed by atoms with Crippen molar-refractivity contribution < 1.29 is 14.3 Å². The number of benzene rings is 1. The first-order valence-electron chi connectivity index (χ1n) is 6.91. The number of rotatable bonds is 5. The molecular weight excluding hydrogens is 310 g/mol. The lowest BCUT2D eigenvalue weighted by Gasteiger charge is -2.15. The number of ether oxygens (including phenoxy) is 1. The predicted octanol–water partition coefficient (Wildman–Crippen LogP) is 2.11. The Morgan fingerprint density at radius 3 is 2.75 bits per heavy atom. The summed E-state index contributed by atoms with van der Waals surface area (Å²) in [4.78, 5) is 38.1. The molecule has 1 amide bonds. The number of imidazole rings is 1. The highest BCUT2D eigenvalue weighted by Crippen LogP contribution is 2.25. The number of aromatic amines is 1. The molecule has 1 aromatic heterocycles. The van der Waals surface area contributed by atoms with Gasteiger partial charge in [-0.2, -0.15) is 0 Å². The fourth-order valence-electron chi connectivity index (χ4n) is 2.09. The standard InChI is InChI=1S/C16H14N5O3/c1-17-10-4-5-12(13(6-10)18-2)15(22)21-14(16(23)24-3)7-11-8-19-9-20-11/h1-2,4-6,8-9,14H,7H2,3H3,(H-,19,20,21,22)/q+1/p+1/t14-/m1/s1. The van der Waals surface area contributed by atoms with Gasteiger partial charge in [0.25, 0.3) is 19.1 Å². The van der Waals surface area contributed by atoms with Gasteiger partial charge in [0, 0.05) is 24.4 Å². The topological polar surface area (TPSA) is 92.8 Å². The van der Waals surface area contributed by atoms with E-state index in [4.69, 9.17) is 17.9 Å². The average Bonchev–Trinajstić information content (AvgIpc) is 3.12. The van der Waals surface area contributed by atoms with Crippen LogP contribution in [0, 0.1) is 13.1 Å². The molecule has 1 atom stereocenters. The molecule has 2 N–H and O–H groups in total. The molecule has 1 aromatic carbocycles. The van der Waals surface area contributed by atoms with Crippen LogP contribution in [-0.2, 0) is 16.0 Å². The summed E-state index contributed by atoms with van der Waals surface area (Å²) in [5.74, 6) is -1.12. The smallest absolute Gasteiger partial charge is 0.360 e. The van der Waals surface area contributed by atoms with Crippen LogP contribution in [0.15, 0.2) is 30.7 Å². The van der Waals surface area contributed by atoms with Crippen molar-refractivity contribution in [1.29, 1.82) is 0 Å². The largest absolute Gasteiger partial charge is 0.467 e. The fraction of sp³-hybridized carbons (Fsp3) is 0.188. The number of hydrogen-bond acceptors (Lipinski definition) is 4. The summed E-state index contributed by atoms with van der Waals surface area (Å²) in [5.41, 5.74) is 1.47. The van der Waals surface area contributed by atoms with E-state index in [2.05, 4.69) is 25.0 Å². The minimum Gasteiger partial charge on any atom is -0.467 e. The first-order chi connectivity index (χ1) is 11.6. The molecule has 0 spiro atoms. The van der Waals surface area contributed by atoms with Crippen molar-refractivity contribution in [3.8, 4) is 13.1 Å². The molecule has 0 aliphatic rings. The molecule has 24 heavy (non-hydrogen) atoms. The van der Waals surface area contributed by atoms with Gasteiger partial charge < -0.3 is 15.0 Å². The zero-order valence-electron chi connectivity index (χ0n) is 12.9. The van der Waals surface area contributed by atoms with Crippen molar-refractivity contribution in [2.45, 2.75) is 12.5 Å². The molecule has 0 saturated carbocycles. The van der Waals surface area contributed by atoms with Crippen molar-refractivity contribution >= 4 is 23.3 Å². The van der Waals surface area contributed by atoms with Crippen LogP contribution in [0.4, 0.5) is 11.4 Å². The van der Waals surface area contributed by atoms with E-state index in [9.17, 15) is 9.59 Å². The number of carbonyl (C=O) groups excluding carboxylic acids is 2. The number of nitrogens with one attached hydrogen (secondary N) is 2. The summed E-state index contributed by atoms with van der Waals surface area (Å²) in [6.07, 6.45) is 3.23. The van der Waals surface area contributed by atoms with Gasteiger partial charge in [-0.05, 0) is 15.8 Å². The second-order valence-corrected chi connectivity index (χ2v) is 4.79. The number of amides is 1. The molecule has 2 rings (SSSR count). The molecule has 0 bridgehead atoms. The van der Waals surface area contributed by atoms with Crippen LogP contribution in [-0.4, -0.2) is 35.0 Å². The molecule has 8 nitrogen and oxygen atoms in total. The first kappa shape index (κ1) is 16.7. The summed E-state index contributed by atoms with van der Waals surface area (Å²) in [6, 6.07) is 3.56. The van der Waals surface area contributed by atoms with Crippen LogP contribution in [0.5, 0.6) is 0 Å². The van der Waals surface area contributed by atoms with Crippen molar-refractivity contribution in [2.75, 3.05) is 7.11 Å². The van der Waals surface area contributed by atoms with Gasteiger partial charge in [0.2, 0.25) is 0 Å². The summed E-state index contributed by atoms with van der Waals surface area (Å²) >= 11 is 0. The second kappa shape index (κ2) is 7.56. The van der Waals surface area contributed by atoms with Crippen LogP contribution in [0.25, 0.3) is 9.69 Å². The molecule has 120 valence electrons. The van der Waals surface area contributed by atoms with Crippen molar-refractivity contribution in [2.24, 2.45) is 0 Å². The molecule has 8 heteroatoms. The van der Waals surface area contributed by atoms with Crippen LogP contribution in [0.1, 0.15) is 16.1 Å².